The second kappa shape index (κ2) is 5.72. The highest BCUT2D eigenvalue weighted by Crippen LogP contribution is 2.31. The highest BCUT2D eigenvalue weighted by molar-refractivity contribution is 14.1. The van der Waals surface area contributed by atoms with Gasteiger partial charge in [-0.1, -0.05) is 39.7 Å². The van der Waals surface area contributed by atoms with Gasteiger partial charge < -0.3 is 5.11 Å². The van der Waals surface area contributed by atoms with Gasteiger partial charge in [-0.2, -0.15) is 0 Å². The first-order valence-corrected chi connectivity index (χ1v) is 7.56. The molecule has 0 radical (unpaired) electrons. The number of benzene rings is 2. The van der Waals surface area contributed by atoms with Gasteiger partial charge in [0.05, 0.1) is 0 Å². The van der Waals surface area contributed by atoms with E-state index in [4.69, 9.17) is 0 Å². The molecule has 2 aromatic rings. The summed E-state index contributed by atoms with van der Waals surface area (Å²) in [5.41, 5.74) is 4.16. The molecular weight excluding hydrogens is 403 g/mol. The summed E-state index contributed by atoms with van der Waals surface area (Å²) in [6.45, 7) is 4.07. The van der Waals surface area contributed by atoms with Crippen molar-refractivity contribution in [2.75, 3.05) is 0 Å². The van der Waals surface area contributed by atoms with Crippen LogP contribution in [-0.2, 0) is 0 Å². The van der Waals surface area contributed by atoms with E-state index >= 15 is 0 Å². The number of aliphatic hydroxyl groups excluding tert-OH is 1. The van der Waals surface area contributed by atoms with Gasteiger partial charge in [-0.3, -0.25) is 0 Å². The van der Waals surface area contributed by atoms with Crippen LogP contribution in [0.15, 0.2) is 40.9 Å². The number of halogens is 2. The van der Waals surface area contributed by atoms with Crippen molar-refractivity contribution in [3.63, 3.8) is 0 Å². The number of rotatable bonds is 2. The predicted molar refractivity (Wildman–Crippen MR) is 86.8 cm³/mol. The fourth-order valence-electron chi connectivity index (χ4n) is 1.95. The second-order valence-corrected chi connectivity index (χ2v) is 6.53. The number of hydrogen-bond acceptors (Lipinski definition) is 1. The minimum Gasteiger partial charge on any atom is -0.384 e. The summed E-state index contributed by atoms with van der Waals surface area (Å²) in [4.78, 5) is 0. The van der Waals surface area contributed by atoms with Gasteiger partial charge in [0, 0.05) is 13.6 Å². The van der Waals surface area contributed by atoms with Crippen molar-refractivity contribution in [2.45, 2.75) is 20.0 Å². The molecule has 3 heteroatoms. The average Bonchev–Trinajstić information content (AvgIpc) is 2.34. The van der Waals surface area contributed by atoms with Gasteiger partial charge in [0.2, 0.25) is 0 Å². The molecule has 0 aliphatic carbocycles. The molecule has 1 unspecified atom stereocenters. The zero-order chi connectivity index (χ0) is 13.3. The first-order valence-electron chi connectivity index (χ1n) is 5.69. The van der Waals surface area contributed by atoms with Crippen LogP contribution in [0.3, 0.4) is 0 Å². The highest BCUT2D eigenvalue weighted by atomic mass is 127. The SMILES string of the molecule is Cc1ccc(C)c(C(O)c2cc(I)ccc2Br)c1. The summed E-state index contributed by atoms with van der Waals surface area (Å²) in [7, 11) is 0. The summed E-state index contributed by atoms with van der Waals surface area (Å²) in [5, 5.41) is 10.6. The maximum absolute atomic E-state index is 10.6. The van der Waals surface area contributed by atoms with Gasteiger partial charge >= 0.3 is 0 Å². The van der Waals surface area contributed by atoms with Crippen LogP contribution in [-0.4, -0.2) is 5.11 Å². The van der Waals surface area contributed by atoms with Crippen LogP contribution in [0, 0.1) is 17.4 Å². The lowest BCUT2D eigenvalue weighted by molar-refractivity contribution is 0.218. The van der Waals surface area contributed by atoms with E-state index in [1.807, 2.05) is 38.1 Å². The Kier molecular flexibility index (Phi) is 4.45. The summed E-state index contributed by atoms with van der Waals surface area (Å²) in [5.74, 6) is 0. The molecule has 0 saturated heterocycles. The summed E-state index contributed by atoms with van der Waals surface area (Å²) >= 11 is 5.77. The Morgan fingerprint density at radius 1 is 1.06 bits per heavy atom. The van der Waals surface area contributed by atoms with E-state index in [1.54, 1.807) is 0 Å². The Labute approximate surface area is 130 Å². The van der Waals surface area contributed by atoms with Gasteiger partial charge in [-0.05, 0) is 65.8 Å². The Hall–Kier alpha value is -0.390. The number of aryl methyl sites for hydroxylation is 2. The molecule has 0 aliphatic heterocycles. The van der Waals surface area contributed by atoms with Crippen LogP contribution in [0.25, 0.3) is 0 Å². The third-order valence-corrected chi connectivity index (χ3v) is 4.38. The molecule has 18 heavy (non-hydrogen) atoms. The van der Waals surface area contributed by atoms with Crippen LogP contribution in [0.1, 0.15) is 28.4 Å². The van der Waals surface area contributed by atoms with E-state index in [1.165, 1.54) is 0 Å². The molecule has 0 fully saturated rings. The predicted octanol–water partition coefficient (Wildman–Crippen LogP) is 4.75. The maximum Gasteiger partial charge on any atom is 0.105 e. The first-order chi connectivity index (χ1) is 8.49. The fourth-order valence-corrected chi connectivity index (χ4v) is 2.92. The zero-order valence-corrected chi connectivity index (χ0v) is 14.0. The van der Waals surface area contributed by atoms with Crippen molar-refractivity contribution in [1.29, 1.82) is 0 Å². The molecule has 0 spiro atoms. The molecule has 1 N–H and O–H groups in total. The normalized spacial score (nSPS) is 12.5. The molecule has 94 valence electrons. The summed E-state index contributed by atoms with van der Waals surface area (Å²) in [6, 6.07) is 12.2. The molecule has 0 saturated carbocycles. The van der Waals surface area contributed by atoms with E-state index in [2.05, 4.69) is 50.7 Å². The fraction of sp³-hybridized carbons (Fsp3) is 0.200. The summed E-state index contributed by atoms with van der Waals surface area (Å²) < 4.78 is 2.06. The molecule has 0 amide bonds. The second-order valence-electron chi connectivity index (χ2n) is 4.43. The lowest BCUT2D eigenvalue weighted by Gasteiger charge is -2.16. The minimum atomic E-state index is -0.589. The molecule has 2 aromatic carbocycles. The van der Waals surface area contributed by atoms with Crippen LogP contribution in [0.2, 0.25) is 0 Å². The lowest BCUT2D eigenvalue weighted by atomic mass is 9.96. The van der Waals surface area contributed by atoms with Crippen molar-refractivity contribution in [1.82, 2.24) is 0 Å². The van der Waals surface area contributed by atoms with E-state index in [-0.39, 0.29) is 0 Å². The number of hydrogen-bond donors (Lipinski definition) is 1. The van der Waals surface area contributed by atoms with Gasteiger partial charge in [-0.25, -0.2) is 0 Å². The molecule has 0 heterocycles. The van der Waals surface area contributed by atoms with Crippen molar-refractivity contribution in [2.24, 2.45) is 0 Å². The standard InChI is InChI=1S/C15H14BrIO/c1-9-3-4-10(2)12(7-9)15(18)13-8-11(17)5-6-14(13)16/h3-8,15,18H,1-2H3. The molecule has 2 rings (SSSR count). The third-order valence-electron chi connectivity index (χ3n) is 2.98. The Morgan fingerprint density at radius 2 is 1.78 bits per heavy atom. The van der Waals surface area contributed by atoms with Crippen LogP contribution in [0.5, 0.6) is 0 Å². The molecule has 0 bridgehead atoms. The highest BCUT2D eigenvalue weighted by Gasteiger charge is 2.16. The average molecular weight is 417 g/mol. The molecule has 0 aliphatic rings. The third kappa shape index (κ3) is 2.95. The smallest absolute Gasteiger partial charge is 0.105 e. The maximum atomic E-state index is 10.6. The molecular formula is C15H14BrIO. The quantitative estimate of drug-likeness (QED) is 0.700. The number of aliphatic hydroxyl groups is 1. The van der Waals surface area contributed by atoms with Crippen molar-refractivity contribution in [3.05, 3.63) is 66.7 Å². The van der Waals surface area contributed by atoms with Gasteiger partial charge in [-0.15, -0.1) is 0 Å². The Morgan fingerprint density at radius 3 is 2.50 bits per heavy atom. The minimum absolute atomic E-state index is 0.589. The Balaban J connectivity index is 2.50. The van der Waals surface area contributed by atoms with Crippen LogP contribution in [0.4, 0.5) is 0 Å². The monoisotopic (exact) mass is 416 g/mol. The molecule has 1 nitrogen and oxygen atoms in total. The lowest BCUT2D eigenvalue weighted by Crippen LogP contribution is -2.03. The zero-order valence-electron chi connectivity index (χ0n) is 10.2. The first kappa shape index (κ1) is 14.0. The van der Waals surface area contributed by atoms with E-state index in [0.717, 1.165) is 30.3 Å². The van der Waals surface area contributed by atoms with Crippen LogP contribution >= 0.6 is 38.5 Å². The van der Waals surface area contributed by atoms with Gasteiger partial charge in [0.1, 0.15) is 6.10 Å². The van der Waals surface area contributed by atoms with Crippen molar-refractivity contribution >= 4 is 38.5 Å². The van der Waals surface area contributed by atoms with Crippen LogP contribution < -0.4 is 0 Å². The topological polar surface area (TPSA) is 20.2 Å². The van der Waals surface area contributed by atoms with E-state index in [9.17, 15) is 5.11 Å². The molecule has 1 atom stereocenters. The van der Waals surface area contributed by atoms with E-state index in [0.29, 0.717) is 0 Å². The largest absolute Gasteiger partial charge is 0.384 e. The van der Waals surface area contributed by atoms with E-state index < -0.39 is 6.10 Å². The van der Waals surface area contributed by atoms with Gasteiger partial charge in [0.15, 0.2) is 0 Å². The van der Waals surface area contributed by atoms with Crippen molar-refractivity contribution < 1.29 is 5.11 Å². The van der Waals surface area contributed by atoms with Crippen molar-refractivity contribution in [3.8, 4) is 0 Å². The molecule has 0 aromatic heterocycles. The van der Waals surface area contributed by atoms with Gasteiger partial charge in [0.25, 0.3) is 0 Å². The summed E-state index contributed by atoms with van der Waals surface area (Å²) in [6.07, 6.45) is -0.589. The Bertz CT molecular complexity index is 529.